The van der Waals surface area contributed by atoms with E-state index in [0.717, 1.165) is 39.0 Å². The summed E-state index contributed by atoms with van der Waals surface area (Å²) in [7, 11) is 0. The lowest BCUT2D eigenvalue weighted by Crippen LogP contribution is -2.22. The molecule has 11 aromatic rings. The highest BCUT2D eigenvalue weighted by Gasteiger charge is 2.42. The first-order valence-electron chi connectivity index (χ1n) is 18.4. The summed E-state index contributed by atoms with van der Waals surface area (Å²) in [6, 6.07) is 62.4. The number of thiophene rings is 2. The molecule has 0 spiro atoms. The Bertz CT molecular complexity index is 3170. The quantitative estimate of drug-likeness (QED) is 0.180. The molecule has 0 fully saturated rings. The molecule has 4 heteroatoms. The average Bonchev–Trinajstić information content (AvgIpc) is 3.96. The zero-order valence-electron chi connectivity index (χ0n) is 29.3. The second kappa shape index (κ2) is 11.2. The molecule has 0 N–H and O–H groups in total. The summed E-state index contributed by atoms with van der Waals surface area (Å²) in [4.78, 5) is 2.44. The number of hydrogen-bond acceptors (Lipinski definition) is 4. The van der Waals surface area contributed by atoms with Gasteiger partial charge < -0.3 is 9.32 Å². The highest BCUT2D eigenvalue weighted by molar-refractivity contribution is 7.26. The summed E-state index contributed by atoms with van der Waals surface area (Å²) in [6.07, 6.45) is 0. The molecule has 1 aliphatic rings. The molecule has 3 heterocycles. The van der Waals surface area contributed by atoms with Gasteiger partial charge in [-0.25, -0.2) is 0 Å². The van der Waals surface area contributed by atoms with E-state index in [1.54, 1.807) is 0 Å². The number of nitrogens with zero attached hydrogens (tertiary/aromatic N) is 1. The number of anilines is 3. The Kier molecular flexibility index (Phi) is 6.26. The topological polar surface area (TPSA) is 16.4 Å². The Balaban J connectivity index is 1.13. The second-order valence-electron chi connectivity index (χ2n) is 14.5. The molecular weight excluding hydrogens is 695 g/mol. The van der Waals surface area contributed by atoms with E-state index in [1.807, 2.05) is 22.7 Å². The normalized spacial score (nSPS) is 13.4. The standard InChI is InChI=1S/C50H31NOS2/c1-50(39-17-6-2-12-32(39)33-13-3-7-18-40(33)50)41-19-10-16-38-48-42(20-11-21-43(48)52-49(38)41)51(30-24-26-36-34-14-4-8-22-44(34)53-46(36)28-30)31-25-27-37-35-15-5-9-23-45(35)54-47(37)29-31/h2-29H,1H3. The maximum Gasteiger partial charge on any atom is 0.139 e. The number of hydrogen-bond donors (Lipinski definition) is 0. The van der Waals surface area contributed by atoms with Crippen molar-refractivity contribution in [2.24, 2.45) is 0 Å². The van der Waals surface area contributed by atoms with Gasteiger partial charge in [-0.05, 0) is 77.7 Å². The molecule has 0 saturated carbocycles. The Morgan fingerprint density at radius 1 is 0.444 bits per heavy atom. The lowest BCUT2D eigenvalue weighted by molar-refractivity contribution is 0.638. The molecule has 0 atom stereocenters. The van der Waals surface area contributed by atoms with Crippen molar-refractivity contribution in [1.82, 2.24) is 0 Å². The molecule has 3 aromatic heterocycles. The molecular formula is C50H31NOS2. The van der Waals surface area contributed by atoms with E-state index in [4.69, 9.17) is 4.42 Å². The van der Waals surface area contributed by atoms with Gasteiger partial charge in [0.2, 0.25) is 0 Å². The summed E-state index contributed by atoms with van der Waals surface area (Å²) < 4.78 is 12.2. The third-order valence-corrected chi connectivity index (χ3v) is 14.0. The van der Waals surface area contributed by atoms with Crippen molar-refractivity contribution < 1.29 is 4.42 Å². The predicted octanol–water partition coefficient (Wildman–Crippen LogP) is 15.1. The van der Waals surface area contributed by atoms with Gasteiger partial charge in [-0.3, -0.25) is 0 Å². The molecule has 0 bridgehead atoms. The van der Waals surface area contributed by atoms with Gasteiger partial charge >= 0.3 is 0 Å². The van der Waals surface area contributed by atoms with Gasteiger partial charge in [0.05, 0.1) is 11.1 Å². The van der Waals surface area contributed by atoms with Crippen LogP contribution in [0.1, 0.15) is 23.6 Å². The molecule has 12 rings (SSSR count). The third-order valence-electron chi connectivity index (χ3n) is 11.7. The molecule has 54 heavy (non-hydrogen) atoms. The predicted molar refractivity (Wildman–Crippen MR) is 232 cm³/mol. The Hall–Kier alpha value is -6.20. The lowest BCUT2D eigenvalue weighted by atomic mass is 9.74. The van der Waals surface area contributed by atoms with Crippen molar-refractivity contribution in [3.05, 3.63) is 187 Å². The van der Waals surface area contributed by atoms with Crippen LogP contribution in [0.3, 0.4) is 0 Å². The summed E-state index contributed by atoms with van der Waals surface area (Å²) in [6.45, 7) is 2.37. The molecule has 0 saturated heterocycles. The Morgan fingerprint density at radius 2 is 0.944 bits per heavy atom. The van der Waals surface area contributed by atoms with Gasteiger partial charge in [-0.15, -0.1) is 22.7 Å². The molecule has 2 nitrogen and oxygen atoms in total. The van der Waals surface area contributed by atoms with Crippen molar-refractivity contribution in [3.8, 4) is 11.1 Å². The first-order chi connectivity index (χ1) is 26.6. The summed E-state index contributed by atoms with van der Waals surface area (Å²) in [5.41, 5.74) is 11.2. The Morgan fingerprint density at radius 3 is 1.57 bits per heavy atom. The fourth-order valence-corrected chi connectivity index (χ4v) is 11.6. The van der Waals surface area contributed by atoms with Crippen LogP contribution in [0.4, 0.5) is 17.1 Å². The van der Waals surface area contributed by atoms with Crippen molar-refractivity contribution in [2.75, 3.05) is 4.90 Å². The van der Waals surface area contributed by atoms with Gasteiger partial charge in [0.1, 0.15) is 11.2 Å². The van der Waals surface area contributed by atoms with E-state index in [9.17, 15) is 0 Å². The molecule has 0 radical (unpaired) electrons. The van der Waals surface area contributed by atoms with E-state index >= 15 is 0 Å². The van der Waals surface area contributed by atoms with Gasteiger partial charge in [-0.2, -0.15) is 0 Å². The highest BCUT2D eigenvalue weighted by atomic mass is 32.1. The van der Waals surface area contributed by atoms with E-state index in [1.165, 1.54) is 68.2 Å². The van der Waals surface area contributed by atoms with Crippen LogP contribution in [0.25, 0.3) is 73.4 Å². The zero-order chi connectivity index (χ0) is 35.5. The minimum Gasteiger partial charge on any atom is -0.456 e. The maximum absolute atomic E-state index is 7.05. The van der Waals surface area contributed by atoms with E-state index < -0.39 is 0 Å². The zero-order valence-corrected chi connectivity index (χ0v) is 31.0. The third kappa shape index (κ3) is 4.10. The van der Waals surface area contributed by atoms with Crippen LogP contribution < -0.4 is 4.90 Å². The second-order valence-corrected chi connectivity index (χ2v) is 16.7. The van der Waals surface area contributed by atoms with Crippen LogP contribution in [0, 0.1) is 0 Å². The van der Waals surface area contributed by atoms with E-state index in [-0.39, 0.29) is 5.41 Å². The maximum atomic E-state index is 7.05. The molecule has 0 unspecified atom stereocenters. The smallest absolute Gasteiger partial charge is 0.139 e. The fraction of sp³-hybridized carbons (Fsp3) is 0.0400. The van der Waals surface area contributed by atoms with Crippen molar-refractivity contribution in [2.45, 2.75) is 12.3 Å². The van der Waals surface area contributed by atoms with Crippen LogP contribution in [-0.4, -0.2) is 0 Å². The summed E-state index contributed by atoms with van der Waals surface area (Å²) >= 11 is 3.72. The van der Waals surface area contributed by atoms with Crippen LogP contribution in [0.5, 0.6) is 0 Å². The van der Waals surface area contributed by atoms with E-state index in [2.05, 4.69) is 182 Å². The minimum atomic E-state index is -0.376. The minimum absolute atomic E-state index is 0.376. The Labute approximate surface area is 319 Å². The monoisotopic (exact) mass is 725 g/mol. The highest BCUT2D eigenvalue weighted by Crippen LogP contribution is 2.55. The molecule has 8 aromatic carbocycles. The fourth-order valence-electron chi connectivity index (χ4n) is 9.29. The van der Waals surface area contributed by atoms with Gasteiger partial charge in [0.15, 0.2) is 0 Å². The number of benzene rings is 8. The number of para-hydroxylation sites is 1. The lowest BCUT2D eigenvalue weighted by Gasteiger charge is -2.28. The van der Waals surface area contributed by atoms with Crippen LogP contribution >= 0.6 is 22.7 Å². The van der Waals surface area contributed by atoms with Crippen LogP contribution in [-0.2, 0) is 5.41 Å². The number of rotatable bonds is 4. The molecule has 0 aliphatic heterocycles. The SMILES string of the molecule is CC1(c2cccc3c2oc2cccc(N(c4ccc5c(c4)sc4ccccc45)c4ccc5c(c4)sc4ccccc45)c23)c2ccccc2-c2ccccc21. The first kappa shape index (κ1) is 30.3. The van der Waals surface area contributed by atoms with Crippen molar-refractivity contribution in [1.29, 1.82) is 0 Å². The number of fused-ring (bicyclic) bond motifs is 12. The largest absolute Gasteiger partial charge is 0.456 e. The van der Waals surface area contributed by atoms with Crippen LogP contribution in [0.15, 0.2) is 174 Å². The molecule has 0 amide bonds. The van der Waals surface area contributed by atoms with Gasteiger partial charge in [-0.1, -0.05) is 121 Å². The summed E-state index contributed by atoms with van der Waals surface area (Å²) in [5, 5.41) is 7.44. The molecule has 254 valence electrons. The van der Waals surface area contributed by atoms with Crippen molar-refractivity contribution in [3.63, 3.8) is 0 Å². The van der Waals surface area contributed by atoms with E-state index in [0.29, 0.717) is 0 Å². The average molecular weight is 726 g/mol. The number of furan rings is 1. The van der Waals surface area contributed by atoms with Crippen molar-refractivity contribution >= 4 is 102 Å². The van der Waals surface area contributed by atoms with Gasteiger partial charge in [0.25, 0.3) is 0 Å². The molecule has 1 aliphatic carbocycles. The van der Waals surface area contributed by atoms with Gasteiger partial charge in [0, 0.05) is 68.1 Å². The first-order valence-corrected chi connectivity index (χ1v) is 20.1. The summed E-state index contributed by atoms with van der Waals surface area (Å²) in [5.74, 6) is 0. The van der Waals surface area contributed by atoms with Crippen LogP contribution in [0.2, 0.25) is 0 Å².